The highest BCUT2D eigenvalue weighted by molar-refractivity contribution is 5.73. The van der Waals surface area contributed by atoms with Crippen molar-refractivity contribution >= 4 is 5.97 Å². The van der Waals surface area contributed by atoms with E-state index >= 15 is 0 Å². The van der Waals surface area contributed by atoms with Crippen molar-refractivity contribution < 1.29 is 9.90 Å². The third-order valence-corrected chi connectivity index (χ3v) is 2.71. The third kappa shape index (κ3) is 5.47. The Hall–Kier alpha value is -1.39. The number of carboxylic acid groups (broad SMARTS) is 1. The Balaban J connectivity index is 2.22. The quantitative estimate of drug-likeness (QED) is 0.660. The highest BCUT2D eigenvalue weighted by Crippen LogP contribution is 2.04. The topological polar surface area (TPSA) is 75.3 Å². The van der Waals surface area contributed by atoms with Gasteiger partial charge >= 0.3 is 5.97 Å². The van der Waals surface area contributed by atoms with Crippen LogP contribution in [0.4, 0.5) is 0 Å². The molecule has 4 nitrogen and oxygen atoms in total. The van der Waals surface area contributed by atoms with Crippen molar-refractivity contribution in [1.29, 1.82) is 0 Å². The number of aliphatic carboxylic acids is 1. The van der Waals surface area contributed by atoms with Crippen molar-refractivity contribution in [3.05, 3.63) is 35.9 Å². The number of rotatable bonds is 7. The van der Waals surface area contributed by atoms with Gasteiger partial charge in [-0.25, -0.2) is 0 Å². The van der Waals surface area contributed by atoms with E-state index in [1.807, 2.05) is 25.1 Å². The van der Waals surface area contributed by atoms with Gasteiger partial charge in [-0.1, -0.05) is 30.3 Å². The molecule has 0 bridgehead atoms. The van der Waals surface area contributed by atoms with Crippen LogP contribution in [0.2, 0.25) is 0 Å². The summed E-state index contributed by atoms with van der Waals surface area (Å²) in [5.74, 6) is -0.965. The average molecular weight is 236 g/mol. The van der Waals surface area contributed by atoms with Crippen LogP contribution >= 0.6 is 0 Å². The maximum absolute atomic E-state index is 10.5. The van der Waals surface area contributed by atoms with Crippen LogP contribution in [-0.2, 0) is 11.2 Å². The first-order valence-electron chi connectivity index (χ1n) is 5.85. The number of benzene rings is 1. The average Bonchev–Trinajstić information content (AvgIpc) is 2.34. The predicted octanol–water partition coefficient (Wildman–Crippen LogP) is 1.01. The van der Waals surface area contributed by atoms with Crippen LogP contribution in [0.1, 0.15) is 18.9 Å². The molecule has 0 spiro atoms. The van der Waals surface area contributed by atoms with E-state index < -0.39 is 12.0 Å². The number of hydrogen-bond donors (Lipinski definition) is 3. The molecular weight excluding hydrogens is 216 g/mol. The second-order valence-corrected chi connectivity index (χ2v) is 4.28. The fourth-order valence-electron chi connectivity index (χ4n) is 1.55. The van der Waals surface area contributed by atoms with E-state index in [-0.39, 0.29) is 6.04 Å². The first-order valence-corrected chi connectivity index (χ1v) is 5.85. The van der Waals surface area contributed by atoms with E-state index in [1.54, 1.807) is 0 Å². The number of aryl methyl sites for hydroxylation is 1. The summed E-state index contributed by atoms with van der Waals surface area (Å²) in [7, 11) is 0. The molecule has 0 fully saturated rings. The molecule has 2 unspecified atom stereocenters. The maximum Gasteiger partial charge on any atom is 0.321 e. The molecular formula is C13H20N2O2. The Bertz CT molecular complexity index is 341. The van der Waals surface area contributed by atoms with Gasteiger partial charge in [0.15, 0.2) is 0 Å². The highest BCUT2D eigenvalue weighted by atomic mass is 16.4. The fraction of sp³-hybridized carbons (Fsp3) is 0.462. The van der Waals surface area contributed by atoms with Gasteiger partial charge in [0.1, 0.15) is 6.04 Å². The van der Waals surface area contributed by atoms with E-state index in [0.29, 0.717) is 6.54 Å². The summed E-state index contributed by atoms with van der Waals surface area (Å²) in [5, 5.41) is 11.8. The second kappa shape index (κ2) is 7.04. The Morgan fingerprint density at radius 2 is 2.06 bits per heavy atom. The molecule has 2 atom stereocenters. The monoisotopic (exact) mass is 236 g/mol. The molecule has 0 saturated carbocycles. The Kier molecular flexibility index (Phi) is 5.66. The van der Waals surface area contributed by atoms with Gasteiger partial charge in [-0.15, -0.1) is 0 Å². The van der Waals surface area contributed by atoms with Crippen molar-refractivity contribution in [3.8, 4) is 0 Å². The van der Waals surface area contributed by atoms with Crippen LogP contribution in [-0.4, -0.2) is 29.7 Å². The van der Waals surface area contributed by atoms with Gasteiger partial charge in [-0.2, -0.15) is 0 Å². The van der Waals surface area contributed by atoms with Crippen LogP contribution in [0.25, 0.3) is 0 Å². The van der Waals surface area contributed by atoms with Crippen LogP contribution in [0.15, 0.2) is 30.3 Å². The molecule has 0 aliphatic heterocycles. The number of carbonyl (C=O) groups is 1. The Morgan fingerprint density at radius 1 is 1.41 bits per heavy atom. The molecule has 0 aromatic heterocycles. The summed E-state index contributed by atoms with van der Waals surface area (Å²) in [6.45, 7) is 2.35. The molecule has 1 aromatic carbocycles. The molecule has 0 aliphatic carbocycles. The van der Waals surface area contributed by atoms with E-state index in [0.717, 1.165) is 12.8 Å². The van der Waals surface area contributed by atoms with Crippen molar-refractivity contribution in [2.24, 2.45) is 5.73 Å². The lowest BCUT2D eigenvalue weighted by molar-refractivity contribution is -0.138. The first kappa shape index (κ1) is 13.7. The minimum Gasteiger partial charge on any atom is -0.480 e. The molecule has 1 aromatic rings. The first-order chi connectivity index (χ1) is 8.09. The molecule has 94 valence electrons. The van der Waals surface area contributed by atoms with E-state index in [1.165, 1.54) is 5.56 Å². The van der Waals surface area contributed by atoms with Crippen LogP contribution < -0.4 is 11.1 Å². The highest BCUT2D eigenvalue weighted by Gasteiger charge is 2.12. The molecule has 17 heavy (non-hydrogen) atoms. The number of nitrogens with two attached hydrogens (primary N) is 1. The molecule has 1 rings (SSSR count). The number of nitrogens with one attached hydrogen (secondary N) is 1. The zero-order valence-corrected chi connectivity index (χ0v) is 10.1. The summed E-state index contributed by atoms with van der Waals surface area (Å²) in [6, 6.07) is 9.67. The number of carboxylic acids is 1. The summed E-state index contributed by atoms with van der Waals surface area (Å²) in [6.07, 6.45) is 1.95. The molecule has 0 saturated heterocycles. The maximum atomic E-state index is 10.5. The van der Waals surface area contributed by atoms with Crippen LogP contribution in [0, 0.1) is 0 Å². The van der Waals surface area contributed by atoms with Gasteiger partial charge in [0.2, 0.25) is 0 Å². The predicted molar refractivity (Wildman–Crippen MR) is 67.8 cm³/mol. The van der Waals surface area contributed by atoms with Gasteiger partial charge in [0, 0.05) is 12.6 Å². The van der Waals surface area contributed by atoms with Crippen molar-refractivity contribution in [2.45, 2.75) is 31.8 Å². The van der Waals surface area contributed by atoms with Gasteiger partial charge in [-0.05, 0) is 25.3 Å². The van der Waals surface area contributed by atoms with Crippen molar-refractivity contribution in [2.75, 3.05) is 6.54 Å². The van der Waals surface area contributed by atoms with E-state index in [2.05, 4.69) is 17.4 Å². The lowest BCUT2D eigenvalue weighted by Crippen LogP contribution is -2.43. The lowest BCUT2D eigenvalue weighted by atomic mass is 10.1. The standard InChI is InChI=1S/C13H20N2O2/c1-10(15-9-12(14)13(16)17)7-8-11-5-3-2-4-6-11/h2-6,10,12,15H,7-9,14H2,1H3,(H,16,17). The molecule has 0 radical (unpaired) electrons. The van der Waals surface area contributed by atoms with E-state index in [4.69, 9.17) is 10.8 Å². The van der Waals surface area contributed by atoms with Crippen molar-refractivity contribution in [3.63, 3.8) is 0 Å². The Morgan fingerprint density at radius 3 is 2.65 bits per heavy atom. The zero-order valence-electron chi connectivity index (χ0n) is 10.1. The minimum absolute atomic E-state index is 0.264. The molecule has 4 N–H and O–H groups in total. The van der Waals surface area contributed by atoms with Crippen LogP contribution in [0.3, 0.4) is 0 Å². The summed E-state index contributed by atoms with van der Waals surface area (Å²) in [4.78, 5) is 10.5. The summed E-state index contributed by atoms with van der Waals surface area (Å²) < 4.78 is 0. The number of hydrogen-bond acceptors (Lipinski definition) is 3. The third-order valence-electron chi connectivity index (χ3n) is 2.71. The molecule has 4 heteroatoms. The smallest absolute Gasteiger partial charge is 0.321 e. The lowest BCUT2D eigenvalue weighted by Gasteiger charge is -2.15. The largest absolute Gasteiger partial charge is 0.480 e. The fourth-order valence-corrected chi connectivity index (χ4v) is 1.55. The van der Waals surface area contributed by atoms with Gasteiger partial charge in [0.05, 0.1) is 0 Å². The zero-order chi connectivity index (χ0) is 12.7. The van der Waals surface area contributed by atoms with Gasteiger partial charge in [-0.3, -0.25) is 4.79 Å². The van der Waals surface area contributed by atoms with Gasteiger partial charge in [0.25, 0.3) is 0 Å². The second-order valence-electron chi connectivity index (χ2n) is 4.28. The van der Waals surface area contributed by atoms with Gasteiger partial charge < -0.3 is 16.2 Å². The van der Waals surface area contributed by atoms with E-state index in [9.17, 15) is 4.79 Å². The molecule has 0 heterocycles. The SMILES string of the molecule is CC(CCc1ccccc1)NCC(N)C(=O)O. The molecule has 0 amide bonds. The minimum atomic E-state index is -0.965. The van der Waals surface area contributed by atoms with Crippen molar-refractivity contribution in [1.82, 2.24) is 5.32 Å². The Labute approximate surface area is 102 Å². The van der Waals surface area contributed by atoms with Crippen LogP contribution in [0.5, 0.6) is 0 Å². The summed E-state index contributed by atoms with van der Waals surface area (Å²) in [5.41, 5.74) is 6.71. The normalized spacial score (nSPS) is 14.2. The summed E-state index contributed by atoms with van der Waals surface area (Å²) >= 11 is 0. The molecule has 0 aliphatic rings.